The molecule has 7 heteroatoms. The summed E-state index contributed by atoms with van der Waals surface area (Å²) in [4.78, 5) is 11.1. The molecule has 3 heterocycles. The molecule has 23 heavy (non-hydrogen) atoms. The molecule has 0 radical (unpaired) electrons. The topological polar surface area (TPSA) is 82.3 Å². The first-order valence-electron chi connectivity index (χ1n) is 7.98. The molecule has 1 fully saturated rings. The van der Waals surface area contributed by atoms with Crippen molar-refractivity contribution in [3.63, 3.8) is 0 Å². The number of hydrogen-bond acceptors (Lipinski definition) is 4. The lowest BCUT2D eigenvalue weighted by Gasteiger charge is -2.23. The van der Waals surface area contributed by atoms with Gasteiger partial charge in [0.15, 0.2) is 11.7 Å². The van der Waals surface area contributed by atoms with Crippen molar-refractivity contribution in [3.8, 4) is 11.6 Å². The number of rotatable bonds is 4. The highest BCUT2D eigenvalue weighted by molar-refractivity contribution is 5.80. The van der Waals surface area contributed by atoms with Crippen molar-refractivity contribution < 1.29 is 4.42 Å². The number of H-pyrrole nitrogens is 1. The monoisotopic (exact) mass is 316 g/mol. The third-order valence-corrected chi connectivity index (χ3v) is 4.11. The summed E-state index contributed by atoms with van der Waals surface area (Å²) in [7, 11) is 1.83. The lowest BCUT2D eigenvalue weighted by Crippen LogP contribution is -2.41. The van der Waals surface area contributed by atoms with Crippen LogP contribution in [-0.2, 0) is 6.42 Å². The zero-order chi connectivity index (χ0) is 16.3. The van der Waals surface area contributed by atoms with Crippen molar-refractivity contribution >= 4 is 5.96 Å². The molecule has 0 aliphatic carbocycles. The fraction of sp³-hybridized carbons (Fsp3) is 0.562. The van der Waals surface area contributed by atoms with Gasteiger partial charge in [-0.15, -0.1) is 0 Å². The van der Waals surface area contributed by atoms with Gasteiger partial charge in [0.1, 0.15) is 5.82 Å². The lowest BCUT2D eigenvalue weighted by atomic mass is 9.93. The van der Waals surface area contributed by atoms with E-state index in [0.29, 0.717) is 17.0 Å². The second-order valence-corrected chi connectivity index (χ2v) is 6.64. The molecule has 0 amide bonds. The van der Waals surface area contributed by atoms with E-state index >= 15 is 0 Å². The van der Waals surface area contributed by atoms with E-state index in [1.54, 1.807) is 6.26 Å². The fourth-order valence-electron chi connectivity index (χ4n) is 2.84. The Balaban J connectivity index is 1.51. The normalized spacial score (nSPS) is 17.7. The summed E-state index contributed by atoms with van der Waals surface area (Å²) in [6.07, 6.45) is 3.57. The maximum atomic E-state index is 5.29. The predicted molar refractivity (Wildman–Crippen MR) is 89.1 cm³/mol. The minimum atomic E-state index is 0.362. The second kappa shape index (κ2) is 6.44. The standard InChI is InChI=1S/C16H24N6O/c1-16(2)7-9-22(11-16)15(17-3)18-8-6-13-19-14(21-20-13)12-5-4-10-23-12/h4-5,10H,6-9,11H2,1-3H3,(H,17,18)(H,19,20,21). The maximum Gasteiger partial charge on any atom is 0.216 e. The molecule has 7 nitrogen and oxygen atoms in total. The highest BCUT2D eigenvalue weighted by atomic mass is 16.3. The fourth-order valence-corrected chi connectivity index (χ4v) is 2.84. The van der Waals surface area contributed by atoms with Gasteiger partial charge in [0.25, 0.3) is 0 Å². The SMILES string of the molecule is CN=C(NCCc1nc(-c2ccco2)n[nH]1)N1CCC(C)(C)C1. The number of likely N-dealkylation sites (tertiary alicyclic amines) is 1. The molecule has 2 N–H and O–H groups in total. The van der Waals surface area contributed by atoms with E-state index in [0.717, 1.165) is 37.8 Å². The summed E-state index contributed by atoms with van der Waals surface area (Å²) in [6.45, 7) is 7.45. The third-order valence-electron chi connectivity index (χ3n) is 4.11. The number of nitrogens with zero attached hydrogens (tertiary/aromatic N) is 4. The molecule has 3 rings (SSSR count). The first kappa shape index (κ1) is 15.6. The molecule has 0 unspecified atom stereocenters. The van der Waals surface area contributed by atoms with Crippen LogP contribution in [0.15, 0.2) is 27.8 Å². The molecule has 0 atom stereocenters. The number of guanidine groups is 1. The Kier molecular flexibility index (Phi) is 4.36. The zero-order valence-corrected chi connectivity index (χ0v) is 14.0. The number of aliphatic imine (C=N–C) groups is 1. The summed E-state index contributed by atoms with van der Waals surface area (Å²) in [5.74, 6) is 3.06. The smallest absolute Gasteiger partial charge is 0.216 e. The predicted octanol–water partition coefficient (Wildman–Crippen LogP) is 1.91. The quantitative estimate of drug-likeness (QED) is 0.665. The molecular weight excluding hydrogens is 292 g/mol. The number of aromatic nitrogens is 3. The molecule has 0 aromatic carbocycles. The van der Waals surface area contributed by atoms with Crippen molar-refractivity contribution in [2.45, 2.75) is 26.7 Å². The van der Waals surface area contributed by atoms with E-state index in [2.05, 4.69) is 44.2 Å². The maximum absolute atomic E-state index is 5.29. The molecule has 1 aliphatic rings. The Morgan fingerprint density at radius 3 is 3.04 bits per heavy atom. The summed E-state index contributed by atoms with van der Waals surface area (Å²) in [6, 6.07) is 3.68. The first-order chi connectivity index (χ1) is 11.1. The summed E-state index contributed by atoms with van der Waals surface area (Å²) < 4.78 is 5.29. The van der Waals surface area contributed by atoms with Gasteiger partial charge >= 0.3 is 0 Å². The average Bonchev–Trinajstić information content (AvgIpc) is 3.23. The van der Waals surface area contributed by atoms with Crippen LogP contribution in [-0.4, -0.2) is 52.7 Å². The summed E-state index contributed by atoms with van der Waals surface area (Å²) in [5, 5.41) is 10.5. The van der Waals surface area contributed by atoms with Crippen LogP contribution in [0.25, 0.3) is 11.6 Å². The number of hydrogen-bond donors (Lipinski definition) is 2. The lowest BCUT2D eigenvalue weighted by molar-refractivity contribution is 0.370. The third kappa shape index (κ3) is 3.72. The Bertz CT molecular complexity index is 658. The molecule has 0 saturated carbocycles. The van der Waals surface area contributed by atoms with Gasteiger partial charge in [-0.3, -0.25) is 10.1 Å². The van der Waals surface area contributed by atoms with E-state index < -0.39 is 0 Å². The largest absolute Gasteiger partial charge is 0.461 e. The molecule has 124 valence electrons. The van der Waals surface area contributed by atoms with Gasteiger partial charge in [-0.1, -0.05) is 13.8 Å². The highest BCUT2D eigenvalue weighted by Gasteiger charge is 2.30. The van der Waals surface area contributed by atoms with Gasteiger partial charge < -0.3 is 14.6 Å². The van der Waals surface area contributed by atoms with Crippen LogP contribution in [0.2, 0.25) is 0 Å². The number of nitrogens with one attached hydrogen (secondary N) is 2. The zero-order valence-electron chi connectivity index (χ0n) is 14.0. The van der Waals surface area contributed by atoms with Crippen molar-refractivity contribution in [2.75, 3.05) is 26.7 Å². The van der Waals surface area contributed by atoms with E-state index in [1.807, 2.05) is 19.2 Å². The van der Waals surface area contributed by atoms with Gasteiger partial charge in [0, 0.05) is 33.1 Å². The molecule has 1 aliphatic heterocycles. The first-order valence-corrected chi connectivity index (χ1v) is 7.98. The molecule has 0 spiro atoms. The van der Waals surface area contributed by atoms with Crippen molar-refractivity contribution in [3.05, 3.63) is 24.2 Å². The van der Waals surface area contributed by atoms with Crippen LogP contribution in [0.5, 0.6) is 0 Å². The Morgan fingerprint density at radius 2 is 2.39 bits per heavy atom. The van der Waals surface area contributed by atoms with Crippen LogP contribution in [0.3, 0.4) is 0 Å². The van der Waals surface area contributed by atoms with Crippen LogP contribution in [0.1, 0.15) is 26.1 Å². The Morgan fingerprint density at radius 1 is 1.52 bits per heavy atom. The van der Waals surface area contributed by atoms with Crippen molar-refractivity contribution in [1.29, 1.82) is 0 Å². The van der Waals surface area contributed by atoms with Crippen LogP contribution < -0.4 is 5.32 Å². The highest BCUT2D eigenvalue weighted by Crippen LogP contribution is 2.28. The van der Waals surface area contributed by atoms with Gasteiger partial charge in [-0.2, -0.15) is 5.10 Å². The molecule has 2 aromatic heterocycles. The Hall–Kier alpha value is -2.31. The van der Waals surface area contributed by atoms with Crippen LogP contribution in [0.4, 0.5) is 0 Å². The summed E-state index contributed by atoms with van der Waals surface area (Å²) in [5.41, 5.74) is 0.362. The molecule has 2 aromatic rings. The molecule has 0 bridgehead atoms. The molecule has 1 saturated heterocycles. The minimum Gasteiger partial charge on any atom is -0.461 e. The second-order valence-electron chi connectivity index (χ2n) is 6.64. The van der Waals surface area contributed by atoms with Gasteiger partial charge in [-0.05, 0) is 24.0 Å². The van der Waals surface area contributed by atoms with E-state index in [9.17, 15) is 0 Å². The van der Waals surface area contributed by atoms with Gasteiger partial charge in [-0.25, -0.2) is 4.98 Å². The van der Waals surface area contributed by atoms with E-state index in [-0.39, 0.29) is 0 Å². The van der Waals surface area contributed by atoms with Crippen LogP contribution in [0, 0.1) is 5.41 Å². The van der Waals surface area contributed by atoms with E-state index in [1.165, 1.54) is 6.42 Å². The molecular formula is C16H24N6O. The van der Waals surface area contributed by atoms with Crippen LogP contribution >= 0.6 is 0 Å². The summed E-state index contributed by atoms with van der Waals surface area (Å²) >= 11 is 0. The Labute approximate surface area is 136 Å². The number of furan rings is 1. The average molecular weight is 316 g/mol. The van der Waals surface area contributed by atoms with Crippen molar-refractivity contribution in [1.82, 2.24) is 25.4 Å². The number of aromatic amines is 1. The van der Waals surface area contributed by atoms with Crippen molar-refractivity contribution in [2.24, 2.45) is 10.4 Å². The van der Waals surface area contributed by atoms with Gasteiger partial charge in [0.05, 0.1) is 6.26 Å². The minimum absolute atomic E-state index is 0.362. The van der Waals surface area contributed by atoms with E-state index in [4.69, 9.17) is 4.42 Å². The van der Waals surface area contributed by atoms with Gasteiger partial charge in [0.2, 0.25) is 5.82 Å².